The molecule has 0 radical (unpaired) electrons. The molecule has 1 amide bonds. The fourth-order valence-electron chi connectivity index (χ4n) is 4.40. The maximum absolute atomic E-state index is 12.6. The third-order valence-corrected chi connectivity index (χ3v) is 6.87. The van der Waals surface area contributed by atoms with Crippen LogP contribution < -0.4 is 10.7 Å². The van der Waals surface area contributed by atoms with Crippen molar-refractivity contribution in [2.24, 2.45) is 0 Å². The number of carbonyl (C=O) groups excluding carboxylic acids is 1. The summed E-state index contributed by atoms with van der Waals surface area (Å²) in [7, 11) is 0. The summed E-state index contributed by atoms with van der Waals surface area (Å²) in [6.07, 6.45) is 5.34. The van der Waals surface area contributed by atoms with Gasteiger partial charge in [0.2, 0.25) is 0 Å². The topological polar surface area (TPSA) is 63.4 Å². The van der Waals surface area contributed by atoms with Gasteiger partial charge < -0.3 is 20.6 Å². The molecule has 0 atom stereocenters. The van der Waals surface area contributed by atoms with Gasteiger partial charge in [0.15, 0.2) is 0 Å². The van der Waals surface area contributed by atoms with E-state index < -0.39 is 0 Å². The van der Waals surface area contributed by atoms with Crippen molar-refractivity contribution in [3.8, 4) is 0 Å². The summed E-state index contributed by atoms with van der Waals surface area (Å²) >= 11 is 3.52. The van der Waals surface area contributed by atoms with Crippen LogP contribution in [0.5, 0.6) is 0 Å². The Bertz CT molecular complexity index is 992. The summed E-state index contributed by atoms with van der Waals surface area (Å²) in [5, 5.41) is 5.32. The van der Waals surface area contributed by atoms with Crippen molar-refractivity contribution >= 4 is 44.9 Å². The molecule has 7 heteroatoms. The monoisotopic (exact) mass is 485 g/mol. The average molecular weight is 486 g/mol. The molecule has 0 spiro atoms. The smallest absolute Gasteiger partial charge is 0.256 e. The highest BCUT2D eigenvalue weighted by atomic mass is 79.9. The van der Waals surface area contributed by atoms with Gasteiger partial charge in [-0.2, -0.15) is 0 Å². The Balaban J connectivity index is 1.61. The summed E-state index contributed by atoms with van der Waals surface area (Å²) in [4.78, 5) is 18.7. The van der Waals surface area contributed by atoms with E-state index >= 15 is 0 Å². The number of nitrogens with zero attached hydrogens (tertiary/aromatic N) is 2. The zero-order valence-corrected chi connectivity index (χ0v) is 20.2. The minimum Gasteiger partial charge on any atom is -0.357 e. The van der Waals surface area contributed by atoms with Crippen LogP contribution in [0.1, 0.15) is 49.2 Å². The van der Waals surface area contributed by atoms with Gasteiger partial charge >= 0.3 is 0 Å². The van der Waals surface area contributed by atoms with Gasteiger partial charge in [-0.3, -0.25) is 4.79 Å². The number of hydrogen-bond donors (Lipinski definition) is 3. The maximum Gasteiger partial charge on any atom is 0.256 e. The molecule has 0 saturated heterocycles. The fourth-order valence-corrected chi connectivity index (χ4v) is 4.76. The van der Waals surface area contributed by atoms with E-state index in [0.717, 1.165) is 72.5 Å². The van der Waals surface area contributed by atoms with Crippen molar-refractivity contribution in [2.75, 3.05) is 43.5 Å². The third-order valence-electron chi connectivity index (χ3n) is 6.37. The number of aromatic nitrogens is 1. The number of rotatable bonds is 6. The Morgan fingerprint density at radius 1 is 1.23 bits per heavy atom. The lowest BCUT2D eigenvalue weighted by molar-refractivity contribution is -0.110. The number of likely N-dealkylation sites (N-methyl/N-ethyl adjacent to an activating group) is 1. The number of amides is 1. The van der Waals surface area contributed by atoms with Crippen molar-refractivity contribution < 1.29 is 4.79 Å². The van der Waals surface area contributed by atoms with Gasteiger partial charge in [0.1, 0.15) is 0 Å². The molecule has 6 nitrogen and oxygen atoms in total. The number of nitrogens with one attached hydrogen (secondary N) is 3. The Morgan fingerprint density at radius 3 is 2.81 bits per heavy atom. The van der Waals surface area contributed by atoms with E-state index in [-0.39, 0.29) is 5.91 Å². The second-order valence-corrected chi connectivity index (χ2v) is 9.22. The highest BCUT2D eigenvalue weighted by Gasteiger charge is 2.26. The first-order valence-corrected chi connectivity index (χ1v) is 12.1. The Hall–Kier alpha value is -2.09. The SMILES string of the molecule is CCN(CC)CCN1CCCCc2[nH]c(/C=C3\C(=O)Nc4ccc(Br)cc43)c(C)c2N1. The number of carbonyl (C=O) groups is 1. The summed E-state index contributed by atoms with van der Waals surface area (Å²) in [6, 6.07) is 5.89. The highest BCUT2D eigenvalue weighted by molar-refractivity contribution is 9.10. The second kappa shape index (κ2) is 9.59. The van der Waals surface area contributed by atoms with Crippen LogP contribution in [0.3, 0.4) is 0 Å². The highest BCUT2D eigenvalue weighted by Crippen LogP contribution is 2.37. The van der Waals surface area contributed by atoms with E-state index in [9.17, 15) is 4.79 Å². The molecule has 0 fully saturated rings. The molecule has 2 aromatic rings. The summed E-state index contributed by atoms with van der Waals surface area (Å²) < 4.78 is 0.967. The largest absolute Gasteiger partial charge is 0.357 e. The van der Waals surface area contributed by atoms with E-state index in [1.807, 2.05) is 24.3 Å². The number of anilines is 2. The first kappa shape index (κ1) is 22.1. The van der Waals surface area contributed by atoms with Gasteiger partial charge in [-0.05, 0) is 69.1 Å². The lowest BCUT2D eigenvalue weighted by Gasteiger charge is -2.29. The van der Waals surface area contributed by atoms with Crippen molar-refractivity contribution in [2.45, 2.75) is 40.0 Å². The first-order valence-electron chi connectivity index (χ1n) is 11.3. The van der Waals surface area contributed by atoms with Gasteiger partial charge in [0.05, 0.1) is 11.3 Å². The van der Waals surface area contributed by atoms with E-state index in [1.54, 1.807) is 0 Å². The number of aromatic amines is 1. The van der Waals surface area contributed by atoms with Gasteiger partial charge in [0, 0.05) is 46.7 Å². The lowest BCUT2D eigenvalue weighted by Crippen LogP contribution is -2.39. The van der Waals surface area contributed by atoms with E-state index in [4.69, 9.17) is 0 Å². The number of hydrogen-bond acceptors (Lipinski definition) is 4. The number of halogens is 1. The quantitative estimate of drug-likeness (QED) is 0.509. The van der Waals surface area contributed by atoms with E-state index in [1.165, 1.54) is 17.8 Å². The number of aryl methyl sites for hydroxylation is 1. The molecule has 31 heavy (non-hydrogen) atoms. The summed E-state index contributed by atoms with van der Waals surface area (Å²) in [5.74, 6) is -0.0525. The molecule has 0 saturated carbocycles. The number of H-pyrrole nitrogens is 1. The summed E-state index contributed by atoms with van der Waals surface area (Å²) in [5.41, 5.74) is 10.8. The minimum absolute atomic E-state index is 0.0525. The number of fused-ring (bicyclic) bond motifs is 2. The van der Waals surface area contributed by atoms with E-state index in [0.29, 0.717) is 5.57 Å². The summed E-state index contributed by atoms with van der Waals surface area (Å²) in [6.45, 7) is 11.8. The van der Waals surface area contributed by atoms with Crippen molar-refractivity contribution in [1.29, 1.82) is 0 Å². The fraction of sp³-hybridized carbons (Fsp3) is 0.458. The molecule has 2 aliphatic rings. The third kappa shape index (κ3) is 4.73. The number of hydrazine groups is 1. The predicted molar refractivity (Wildman–Crippen MR) is 132 cm³/mol. The molecule has 4 rings (SSSR count). The van der Waals surface area contributed by atoms with Crippen LogP contribution in [-0.2, 0) is 11.2 Å². The van der Waals surface area contributed by atoms with Crippen molar-refractivity contribution in [1.82, 2.24) is 14.9 Å². The molecule has 0 aliphatic carbocycles. The molecule has 3 N–H and O–H groups in total. The van der Waals surface area contributed by atoms with Gasteiger partial charge in [0.25, 0.3) is 5.91 Å². The normalized spacial score (nSPS) is 17.8. The molecule has 0 unspecified atom stereocenters. The Labute approximate surface area is 193 Å². The molecule has 166 valence electrons. The van der Waals surface area contributed by atoms with Crippen LogP contribution in [0, 0.1) is 6.92 Å². The van der Waals surface area contributed by atoms with Crippen molar-refractivity contribution in [3.63, 3.8) is 0 Å². The molecule has 1 aromatic heterocycles. The predicted octanol–water partition coefficient (Wildman–Crippen LogP) is 4.89. The first-order chi connectivity index (χ1) is 15.0. The van der Waals surface area contributed by atoms with Gasteiger partial charge in [-0.15, -0.1) is 0 Å². The van der Waals surface area contributed by atoms with Crippen molar-refractivity contribution in [3.05, 3.63) is 45.2 Å². The van der Waals surface area contributed by atoms with Crippen LogP contribution >= 0.6 is 15.9 Å². The van der Waals surface area contributed by atoms with Gasteiger partial charge in [-0.25, -0.2) is 5.01 Å². The molecular weight excluding hydrogens is 454 g/mol. The van der Waals surface area contributed by atoms with Crippen LogP contribution in [0.25, 0.3) is 11.6 Å². The zero-order chi connectivity index (χ0) is 22.0. The van der Waals surface area contributed by atoms with Crippen LogP contribution in [0.2, 0.25) is 0 Å². The Morgan fingerprint density at radius 2 is 2.03 bits per heavy atom. The van der Waals surface area contributed by atoms with Crippen LogP contribution in [-0.4, -0.2) is 53.5 Å². The van der Waals surface area contributed by atoms with Crippen LogP contribution in [0.4, 0.5) is 11.4 Å². The average Bonchev–Trinajstić information content (AvgIpc) is 3.20. The second-order valence-electron chi connectivity index (χ2n) is 8.30. The van der Waals surface area contributed by atoms with Gasteiger partial charge in [-0.1, -0.05) is 29.8 Å². The standard InChI is InChI=1S/C24H32BrN5O/c1-4-29(5-2)12-13-30-11-7-6-8-21-23(28-30)16(3)22(26-21)15-19-18-14-17(25)9-10-20(18)27-24(19)31/h9-10,14-15,26,28H,4-8,11-13H2,1-3H3,(H,27,31)/b19-15-. The Kier molecular flexibility index (Phi) is 6.84. The maximum atomic E-state index is 12.6. The molecule has 0 bridgehead atoms. The zero-order valence-electron chi connectivity index (χ0n) is 18.6. The van der Waals surface area contributed by atoms with Crippen LogP contribution in [0.15, 0.2) is 22.7 Å². The molecule has 1 aromatic carbocycles. The van der Waals surface area contributed by atoms with E-state index in [2.05, 4.69) is 62.3 Å². The lowest BCUT2D eigenvalue weighted by atomic mass is 10.0. The minimum atomic E-state index is -0.0525. The molecule has 2 aliphatic heterocycles. The molecule has 3 heterocycles. The molecular formula is C24H32BrN5O. The number of benzene rings is 1.